The van der Waals surface area contributed by atoms with Gasteiger partial charge in [0.25, 0.3) is 11.8 Å². The van der Waals surface area contributed by atoms with Gasteiger partial charge in [-0.05, 0) is 37.3 Å². The lowest BCUT2D eigenvalue weighted by atomic mass is 9.90. The number of nitrogens with two attached hydrogens (primary N) is 1. The molecule has 1 aromatic carbocycles. The molecule has 4 rings (SSSR count). The maximum Gasteiger partial charge on any atom is 0.256 e. The number of nitrogens with zero attached hydrogens (tertiary/aromatic N) is 3. The summed E-state index contributed by atoms with van der Waals surface area (Å²) in [7, 11) is 0. The zero-order valence-corrected chi connectivity index (χ0v) is 16.5. The number of halogens is 1. The molecule has 9 heteroatoms. The summed E-state index contributed by atoms with van der Waals surface area (Å²) >= 11 is 0. The van der Waals surface area contributed by atoms with Crippen molar-refractivity contribution in [2.45, 2.75) is 25.4 Å². The zero-order valence-electron chi connectivity index (χ0n) is 16.5. The highest BCUT2D eigenvalue weighted by atomic mass is 19.1. The fourth-order valence-corrected chi connectivity index (χ4v) is 4.28. The molecule has 1 spiro atoms. The highest BCUT2D eigenvalue weighted by molar-refractivity contribution is 6.01. The summed E-state index contributed by atoms with van der Waals surface area (Å²) in [6.07, 6.45) is 2.62. The quantitative estimate of drug-likeness (QED) is 0.796. The van der Waals surface area contributed by atoms with Gasteiger partial charge in [-0.3, -0.25) is 14.4 Å². The number of aromatic nitrogens is 1. The SMILES string of the molecule is CCN1c2ncccc2C(=O)NC12CCN(C(=O)c1ccc(C(N)=O)cc1F)CC2. The third kappa shape index (κ3) is 3.16. The Balaban J connectivity index is 1.54. The van der Waals surface area contributed by atoms with Crippen LogP contribution in [0.1, 0.15) is 50.8 Å². The van der Waals surface area contributed by atoms with Crippen LogP contribution in [0.25, 0.3) is 0 Å². The van der Waals surface area contributed by atoms with Crippen molar-refractivity contribution in [1.82, 2.24) is 15.2 Å². The number of hydrogen-bond acceptors (Lipinski definition) is 5. The first-order chi connectivity index (χ1) is 14.4. The molecule has 3 amide bonds. The number of hydrogen-bond donors (Lipinski definition) is 2. The summed E-state index contributed by atoms with van der Waals surface area (Å²) in [4.78, 5) is 44.7. The summed E-state index contributed by atoms with van der Waals surface area (Å²) in [5.74, 6) is -1.54. The van der Waals surface area contributed by atoms with Gasteiger partial charge in [-0.15, -0.1) is 0 Å². The molecule has 156 valence electrons. The number of piperidine rings is 1. The van der Waals surface area contributed by atoms with E-state index in [-0.39, 0.29) is 17.0 Å². The minimum Gasteiger partial charge on any atom is -0.366 e. The fourth-order valence-electron chi connectivity index (χ4n) is 4.28. The summed E-state index contributed by atoms with van der Waals surface area (Å²) in [6.45, 7) is 3.32. The first-order valence-electron chi connectivity index (χ1n) is 9.80. The van der Waals surface area contributed by atoms with Gasteiger partial charge in [0.05, 0.1) is 11.1 Å². The molecule has 8 nitrogen and oxygen atoms in total. The molecule has 0 unspecified atom stereocenters. The minimum atomic E-state index is -0.782. The van der Waals surface area contributed by atoms with Crippen molar-refractivity contribution in [3.8, 4) is 0 Å². The zero-order chi connectivity index (χ0) is 21.5. The normalized spacial score (nSPS) is 17.5. The molecule has 2 aromatic rings. The lowest BCUT2D eigenvalue weighted by Gasteiger charge is -2.51. The lowest BCUT2D eigenvalue weighted by molar-refractivity contribution is 0.0598. The van der Waals surface area contributed by atoms with Gasteiger partial charge < -0.3 is 20.9 Å². The molecule has 3 N–H and O–H groups in total. The van der Waals surface area contributed by atoms with Crippen LogP contribution in [0.4, 0.5) is 10.2 Å². The third-order valence-corrected chi connectivity index (χ3v) is 5.83. The Hall–Kier alpha value is -3.49. The number of carbonyl (C=O) groups is 3. The maximum absolute atomic E-state index is 14.4. The van der Waals surface area contributed by atoms with Crippen molar-refractivity contribution in [3.05, 3.63) is 59.0 Å². The largest absolute Gasteiger partial charge is 0.366 e. The predicted molar refractivity (Wildman–Crippen MR) is 108 cm³/mol. The van der Waals surface area contributed by atoms with Crippen molar-refractivity contribution in [2.75, 3.05) is 24.5 Å². The van der Waals surface area contributed by atoms with Gasteiger partial charge in [0.15, 0.2) is 0 Å². The number of anilines is 1. The molecule has 2 aliphatic rings. The number of likely N-dealkylation sites (tertiary alicyclic amines) is 1. The van der Waals surface area contributed by atoms with Crippen molar-refractivity contribution in [2.24, 2.45) is 5.73 Å². The average Bonchev–Trinajstić information content (AvgIpc) is 2.74. The van der Waals surface area contributed by atoms with E-state index in [2.05, 4.69) is 15.2 Å². The van der Waals surface area contributed by atoms with E-state index in [4.69, 9.17) is 5.73 Å². The van der Waals surface area contributed by atoms with Gasteiger partial charge in [0.2, 0.25) is 5.91 Å². The van der Waals surface area contributed by atoms with E-state index < -0.39 is 23.3 Å². The molecule has 3 heterocycles. The molecule has 0 radical (unpaired) electrons. The smallest absolute Gasteiger partial charge is 0.256 e. The molecule has 0 bridgehead atoms. The predicted octanol–water partition coefficient (Wildman–Crippen LogP) is 1.52. The Bertz CT molecular complexity index is 1030. The second-order valence-electron chi connectivity index (χ2n) is 7.46. The number of nitrogens with one attached hydrogen (secondary N) is 1. The van der Waals surface area contributed by atoms with E-state index in [1.807, 2.05) is 6.92 Å². The molecular weight excluding hydrogens is 389 g/mol. The van der Waals surface area contributed by atoms with E-state index in [9.17, 15) is 18.8 Å². The van der Waals surface area contributed by atoms with Crippen LogP contribution in [-0.2, 0) is 0 Å². The first kappa shape index (κ1) is 19.8. The van der Waals surface area contributed by atoms with Crippen LogP contribution in [0, 0.1) is 5.82 Å². The van der Waals surface area contributed by atoms with Gasteiger partial charge in [-0.1, -0.05) is 0 Å². The minimum absolute atomic E-state index is 0.0105. The second-order valence-corrected chi connectivity index (χ2v) is 7.46. The number of amides is 3. The fraction of sp³-hybridized carbons (Fsp3) is 0.333. The Morgan fingerprint density at radius 1 is 1.27 bits per heavy atom. The third-order valence-electron chi connectivity index (χ3n) is 5.83. The van der Waals surface area contributed by atoms with Crippen LogP contribution in [0.3, 0.4) is 0 Å². The van der Waals surface area contributed by atoms with E-state index in [0.29, 0.717) is 43.9 Å². The topological polar surface area (TPSA) is 109 Å². The summed E-state index contributed by atoms with van der Waals surface area (Å²) in [5, 5.41) is 3.10. The second kappa shape index (κ2) is 7.40. The van der Waals surface area contributed by atoms with E-state index >= 15 is 0 Å². The standard InChI is InChI=1S/C21H22FN5O3/c1-2-27-18-15(4-3-9-24-18)19(29)25-21(27)7-10-26(11-8-21)20(30)14-6-5-13(17(23)28)12-16(14)22/h3-6,9,12H,2,7-8,10-11H2,1H3,(H2,23,28)(H,25,29). The van der Waals surface area contributed by atoms with E-state index in [1.54, 1.807) is 23.2 Å². The molecule has 1 aromatic heterocycles. The molecule has 1 fully saturated rings. The van der Waals surface area contributed by atoms with Crippen LogP contribution < -0.4 is 16.0 Å². The Morgan fingerprint density at radius 2 is 2.00 bits per heavy atom. The summed E-state index contributed by atoms with van der Waals surface area (Å²) in [6, 6.07) is 7.06. The number of pyridine rings is 1. The van der Waals surface area contributed by atoms with Gasteiger partial charge in [-0.25, -0.2) is 9.37 Å². The number of benzene rings is 1. The van der Waals surface area contributed by atoms with Crippen LogP contribution >= 0.6 is 0 Å². The van der Waals surface area contributed by atoms with Crippen molar-refractivity contribution in [1.29, 1.82) is 0 Å². The number of carbonyl (C=O) groups excluding carboxylic acids is 3. The van der Waals surface area contributed by atoms with E-state index in [1.165, 1.54) is 12.1 Å². The molecule has 30 heavy (non-hydrogen) atoms. The Kier molecular flexibility index (Phi) is 4.89. The van der Waals surface area contributed by atoms with Crippen LogP contribution in [0.5, 0.6) is 0 Å². The maximum atomic E-state index is 14.4. The highest BCUT2D eigenvalue weighted by Gasteiger charge is 2.46. The summed E-state index contributed by atoms with van der Waals surface area (Å²) < 4.78 is 14.4. The Labute approximate surface area is 172 Å². The molecule has 0 aliphatic carbocycles. The van der Waals surface area contributed by atoms with Crippen LogP contribution in [0.2, 0.25) is 0 Å². The molecule has 1 saturated heterocycles. The van der Waals surface area contributed by atoms with Crippen LogP contribution in [-0.4, -0.2) is 52.9 Å². The van der Waals surface area contributed by atoms with Crippen molar-refractivity contribution >= 4 is 23.5 Å². The number of rotatable bonds is 3. The van der Waals surface area contributed by atoms with Crippen molar-refractivity contribution in [3.63, 3.8) is 0 Å². The van der Waals surface area contributed by atoms with E-state index in [0.717, 1.165) is 6.07 Å². The molecule has 0 saturated carbocycles. The number of fused-ring (bicyclic) bond motifs is 1. The Morgan fingerprint density at radius 3 is 2.63 bits per heavy atom. The van der Waals surface area contributed by atoms with Gasteiger partial charge >= 0.3 is 0 Å². The average molecular weight is 411 g/mol. The van der Waals surface area contributed by atoms with Crippen LogP contribution in [0.15, 0.2) is 36.5 Å². The molecule has 0 atom stereocenters. The summed E-state index contributed by atoms with van der Waals surface area (Å²) in [5.41, 5.74) is 4.95. The first-order valence-corrected chi connectivity index (χ1v) is 9.80. The van der Waals surface area contributed by atoms with Gasteiger partial charge in [0, 0.05) is 44.2 Å². The highest BCUT2D eigenvalue weighted by Crippen LogP contribution is 2.36. The number of primary amides is 1. The van der Waals surface area contributed by atoms with Gasteiger partial charge in [-0.2, -0.15) is 0 Å². The van der Waals surface area contributed by atoms with Crippen molar-refractivity contribution < 1.29 is 18.8 Å². The monoisotopic (exact) mass is 411 g/mol. The molecular formula is C21H22FN5O3. The lowest BCUT2D eigenvalue weighted by Crippen LogP contribution is -2.68. The molecule has 2 aliphatic heterocycles. The van der Waals surface area contributed by atoms with Gasteiger partial charge in [0.1, 0.15) is 17.3 Å².